The van der Waals surface area contributed by atoms with Crippen LogP contribution in [0.3, 0.4) is 0 Å². The van der Waals surface area contributed by atoms with Crippen LogP contribution in [0.25, 0.3) is 11.4 Å². The lowest BCUT2D eigenvalue weighted by molar-refractivity contribution is -0.127. The lowest BCUT2D eigenvalue weighted by Crippen LogP contribution is -2.34. The largest absolute Gasteiger partial charge is 0.490 e. The fraction of sp³-hybridized carbons (Fsp3) is 0.423. The third-order valence-electron chi connectivity index (χ3n) is 5.94. The van der Waals surface area contributed by atoms with Crippen molar-refractivity contribution < 1.29 is 18.8 Å². The normalized spacial score (nSPS) is 14.6. The molecular weight excluding hydrogens is 432 g/mol. The fourth-order valence-corrected chi connectivity index (χ4v) is 4.26. The van der Waals surface area contributed by atoms with Crippen molar-refractivity contribution in [2.45, 2.75) is 39.2 Å². The summed E-state index contributed by atoms with van der Waals surface area (Å²) in [5.41, 5.74) is 4.40. The molecule has 8 heteroatoms. The maximum Gasteiger partial charge on any atom is 0.236 e. The molecule has 1 atom stereocenters. The number of amides is 1. The van der Waals surface area contributed by atoms with Crippen LogP contribution in [-0.2, 0) is 17.6 Å². The second kappa shape index (κ2) is 10.7. The fourth-order valence-electron chi connectivity index (χ4n) is 4.26. The van der Waals surface area contributed by atoms with Crippen LogP contribution in [0.5, 0.6) is 11.5 Å². The molecule has 1 aliphatic carbocycles. The van der Waals surface area contributed by atoms with Crippen LogP contribution in [0.15, 0.2) is 40.9 Å². The Hall–Kier alpha value is -3.39. The summed E-state index contributed by atoms with van der Waals surface area (Å²) in [5, 5.41) is 7.65. The van der Waals surface area contributed by atoms with Gasteiger partial charge in [-0.15, -0.1) is 0 Å². The molecular formula is C26H32N4O4. The highest BCUT2D eigenvalue weighted by atomic mass is 16.5. The van der Waals surface area contributed by atoms with Crippen molar-refractivity contribution in [2.75, 3.05) is 33.9 Å². The van der Waals surface area contributed by atoms with E-state index in [4.69, 9.17) is 14.0 Å². The van der Waals surface area contributed by atoms with Gasteiger partial charge in [-0.2, -0.15) is 4.98 Å². The predicted octanol–water partition coefficient (Wildman–Crippen LogP) is 3.79. The summed E-state index contributed by atoms with van der Waals surface area (Å²) in [4.78, 5) is 18.3. The molecule has 0 radical (unpaired) electrons. The van der Waals surface area contributed by atoms with Crippen molar-refractivity contribution in [2.24, 2.45) is 0 Å². The first-order valence-corrected chi connectivity index (χ1v) is 11.8. The lowest BCUT2D eigenvalue weighted by Gasteiger charge is -2.16. The number of nitrogens with zero attached hydrogens (tertiary/aromatic N) is 3. The second-order valence-corrected chi connectivity index (χ2v) is 8.47. The molecule has 1 heterocycles. The average molecular weight is 465 g/mol. The zero-order valence-corrected chi connectivity index (χ0v) is 20.3. The molecule has 1 unspecified atom stereocenters. The van der Waals surface area contributed by atoms with Crippen LogP contribution in [0.4, 0.5) is 0 Å². The van der Waals surface area contributed by atoms with Gasteiger partial charge in [-0.1, -0.05) is 29.4 Å². The van der Waals surface area contributed by atoms with Gasteiger partial charge in [-0.25, -0.2) is 0 Å². The molecule has 0 spiro atoms. The van der Waals surface area contributed by atoms with E-state index in [0.29, 0.717) is 43.6 Å². The highest BCUT2D eigenvalue weighted by Crippen LogP contribution is 2.37. The molecule has 0 saturated heterocycles. The summed E-state index contributed by atoms with van der Waals surface area (Å²) in [7, 11) is 3.53. The summed E-state index contributed by atoms with van der Waals surface area (Å²) >= 11 is 0. The molecule has 2 aromatic carbocycles. The number of hydrogen-bond acceptors (Lipinski definition) is 7. The Morgan fingerprint density at radius 3 is 2.71 bits per heavy atom. The number of carbonyl (C=O) groups is 1. The number of aromatic nitrogens is 2. The molecule has 8 nitrogen and oxygen atoms in total. The van der Waals surface area contributed by atoms with E-state index in [2.05, 4.69) is 21.5 Å². The van der Waals surface area contributed by atoms with Gasteiger partial charge in [0.1, 0.15) is 0 Å². The summed E-state index contributed by atoms with van der Waals surface area (Å²) in [6.45, 7) is 5.36. The third kappa shape index (κ3) is 5.22. The lowest BCUT2D eigenvalue weighted by atomic mass is 10.0. The van der Waals surface area contributed by atoms with E-state index in [9.17, 15) is 4.79 Å². The van der Waals surface area contributed by atoms with E-state index in [1.165, 1.54) is 11.1 Å². The summed E-state index contributed by atoms with van der Waals surface area (Å²) in [5.74, 6) is 2.65. The Bertz CT molecular complexity index is 1140. The standard InChI is InChI=1S/C26H32N4O4/c1-5-32-22-13-10-17(14-23(22)33-6-2)15-24-28-26(29-34-24)20-9-7-8-19-18(20)11-12-21(19)27-16-25(31)30(3)4/h7-10,13-14,21,27H,5-6,11-12,15-16H2,1-4H3. The minimum absolute atomic E-state index is 0.0641. The maximum atomic E-state index is 12.0. The molecule has 1 amide bonds. The quantitative estimate of drug-likeness (QED) is 0.488. The highest BCUT2D eigenvalue weighted by Gasteiger charge is 2.26. The highest BCUT2D eigenvalue weighted by molar-refractivity contribution is 5.77. The predicted molar refractivity (Wildman–Crippen MR) is 129 cm³/mol. The zero-order valence-electron chi connectivity index (χ0n) is 20.3. The van der Waals surface area contributed by atoms with E-state index < -0.39 is 0 Å². The number of likely N-dealkylation sites (N-methyl/N-ethyl adjacent to an activating group) is 1. The SMILES string of the molecule is CCOc1ccc(Cc2nc(-c3cccc4c3CCC4NCC(=O)N(C)C)no2)cc1OCC. The average Bonchev–Trinajstić information content (AvgIpc) is 3.46. The van der Waals surface area contributed by atoms with E-state index in [1.54, 1.807) is 19.0 Å². The van der Waals surface area contributed by atoms with Crippen LogP contribution >= 0.6 is 0 Å². The Kier molecular flexibility index (Phi) is 7.47. The zero-order chi connectivity index (χ0) is 24.1. The molecule has 34 heavy (non-hydrogen) atoms. The Morgan fingerprint density at radius 1 is 1.15 bits per heavy atom. The van der Waals surface area contributed by atoms with Crippen LogP contribution in [0.1, 0.15) is 48.9 Å². The molecule has 3 aromatic rings. The molecule has 0 saturated carbocycles. The Labute approximate surface area is 200 Å². The maximum absolute atomic E-state index is 12.0. The van der Waals surface area contributed by atoms with Gasteiger partial charge in [0.25, 0.3) is 0 Å². The first kappa shape index (κ1) is 23.8. The van der Waals surface area contributed by atoms with E-state index in [1.807, 2.05) is 44.2 Å². The number of nitrogens with one attached hydrogen (secondary N) is 1. The van der Waals surface area contributed by atoms with Gasteiger partial charge >= 0.3 is 0 Å². The number of hydrogen-bond donors (Lipinski definition) is 1. The van der Waals surface area contributed by atoms with E-state index in [0.717, 1.165) is 29.7 Å². The number of fused-ring (bicyclic) bond motifs is 1. The van der Waals surface area contributed by atoms with E-state index >= 15 is 0 Å². The van der Waals surface area contributed by atoms with Gasteiger partial charge in [-0.05, 0) is 55.5 Å². The van der Waals surface area contributed by atoms with Crippen LogP contribution < -0.4 is 14.8 Å². The minimum atomic E-state index is 0.0641. The van der Waals surface area contributed by atoms with Gasteiger partial charge in [0.2, 0.25) is 17.6 Å². The van der Waals surface area contributed by atoms with Gasteiger partial charge < -0.3 is 24.2 Å². The van der Waals surface area contributed by atoms with Gasteiger partial charge in [0.05, 0.1) is 26.2 Å². The number of benzene rings is 2. The van der Waals surface area contributed by atoms with Gasteiger partial charge in [0, 0.05) is 25.7 Å². The Balaban J connectivity index is 1.50. The summed E-state index contributed by atoms with van der Waals surface area (Å²) in [6, 6.07) is 12.2. The molecule has 0 fully saturated rings. The summed E-state index contributed by atoms with van der Waals surface area (Å²) in [6.07, 6.45) is 2.34. The molecule has 4 rings (SSSR count). The van der Waals surface area contributed by atoms with Crippen LogP contribution in [0.2, 0.25) is 0 Å². The van der Waals surface area contributed by atoms with Crippen molar-refractivity contribution in [3.05, 3.63) is 59.0 Å². The second-order valence-electron chi connectivity index (χ2n) is 8.47. The van der Waals surface area contributed by atoms with Crippen molar-refractivity contribution in [3.8, 4) is 22.9 Å². The number of rotatable bonds is 10. The van der Waals surface area contributed by atoms with E-state index in [-0.39, 0.29) is 11.9 Å². The molecule has 0 bridgehead atoms. The smallest absolute Gasteiger partial charge is 0.236 e. The number of ether oxygens (including phenoxy) is 2. The van der Waals surface area contributed by atoms with Gasteiger partial charge in [0.15, 0.2) is 11.5 Å². The minimum Gasteiger partial charge on any atom is -0.490 e. The van der Waals surface area contributed by atoms with Crippen LogP contribution in [0, 0.1) is 0 Å². The van der Waals surface area contributed by atoms with Crippen LogP contribution in [-0.4, -0.2) is 54.8 Å². The molecule has 1 aromatic heterocycles. The first-order valence-electron chi connectivity index (χ1n) is 11.8. The van der Waals surface area contributed by atoms with Crippen molar-refractivity contribution in [3.63, 3.8) is 0 Å². The first-order chi connectivity index (χ1) is 16.5. The third-order valence-corrected chi connectivity index (χ3v) is 5.94. The topological polar surface area (TPSA) is 89.7 Å². The number of carbonyl (C=O) groups excluding carboxylic acids is 1. The molecule has 0 aliphatic heterocycles. The molecule has 1 aliphatic rings. The molecule has 180 valence electrons. The van der Waals surface area contributed by atoms with Crippen molar-refractivity contribution in [1.82, 2.24) is 20.4 Å². The monoisotopic (exact) mass is 464 g/mol. The van der Waals surface area contributed by atoms with Gasteiger partial charge in [-0.3, -0.25) is 4.79 Å². The van der Waals surface area contributed by atoms with Crippen molar-refractivity contribution >= 4 is 5.91 Å². The molecule has 1 N–H and O–H groups in total. The summed E-state index contributed by atoms with van der Waals surface area (Å²) < 4.78 is 17.0. The van der Waals surface area contributed by atoms with Crippen molar-refractivity contribution in [1.29, 1.82) is 0 Å². The Morgan fingerprint density at radius 2 is 1.94 bits per heavy atom.